The summed E-state index contributed by atoms with van der Waals surface area (Å²) in [5, 5.41) is 9.74. The van der Waals surface area contributed by atoms with Gasteiger partial charge in [0, 0.05) is 12.6 Å². The number of nitrogens with one attached hydrogen (secondary N) is 1. The van der Waals surface area contributed by atoms with Gasteiger partial charge in [-0.25, -0.2) is 4.39 Å². The van der Waals surface area contributed by atoms with Crippen molar-refractivity contribution in [3.8, 4) is 0 Å². The Labute approximate surface area is 153 Å². The quantitative estimate of drug-likeness (QED) is 0.674. The second kappa shape index (κ2) is 7.18. The lowest BCUT2D eigenvalue weighted by Gasteiger charge is -2.16. The summed E-state index contributed by atoms with van der Waals surface area (Å²) in [4.78, 5) is 12.1. The van der Waals surface area contributed by atoms with Gasteiger partial charge in [-0.2, -0.15) is 8.42 Å². The number of anilines is 2. The zero-order valence-electron chi connectivity index (χ0n) is 13.5. The van der Waals surface area contributed by atoms with Gasteiger partial charge in [0.15, 0.2) is 0 Å². The molecule has 2 aromatic carbocycles. The summed E-state index contributed by atoms with van der Waals surface area (Å²) in [5.74, 6) is -1.16. The molecule has 10 heteroatoms. The van der Waals surface area contributed by atoms with Crippen LogP contribution in [0.4, 0.5) is 15.2 Å². The molecule has 1 heterocycles. The van der Waals surface area contributed by atoms with Crippen molar-refractivity contribution in [3.63, 3.8) is 0 Å². The number of hydrogen-bond donors (Lipinski definition) is 1. The number of rotatable bonds is 5. The van der Waals surface area contributed by atoms with Crippen molar-refractivity contribution in [1.82, 2.24) is 10.2 Å². The highest BCUT2D eigenvalue weighted by Crippen LogP contribution is 2.26. The van der Waals surface area contributed by atoms with Crippen molar-refractivity contribution in [2.24, 2.45) is 0 Å². The van der Waals surface area contributed by atoms with Crippen molar-refractivity contribution in [1.29, 1.82) is 0 Å². The van der Waals surface area contributed by atoms with E-state index >= 15 is 0 Å². The van der Waals surface area contributed by atoms with Gasteiger partial charge in [-0.05, 0) is 30.3 Å². The number of hydrogen-bond acceptors (Lipinski definition) is 6. The van der Waals surface area contributed by atoms with Crippen LogP contribution in [-0.4, -0.2) is 31.6 Å². The Morgan fingerprint density at radius 2 is 1.85 bits per heavy atom. The lowest BCUT2D eigenvalue weighted by atomic mass is 10.2. The van der Waals surface area contributed by atoms with Crippen LogP contribution in [-0.2, 0) is 10.0 Å². The number of sulfonamides is 1. The van der Waals surface area contributed by atoms with Gasteiger partial charge in [-0.3, -0.25) is 14.4 Å². The minimum atomic E-state index is -3.91. The molecule has 0 fully saturated rings. The lowest BCUT2D eigenvalue weighted by Crippen LogP contribution is -2.26. The summed E-state index contributed by atoms with van der Waals surface area (Å²) in [7, 11) is -2.51. The van der Waals surface area contributed by atoms with E-state index in [0.717, 1.165) is 10.4 Å². The second-order valence-corrected chi connectivity index (χ2v) is 8.27. The molecule has 0 saturated carbocycles. The Balaban J connectivity index is 1.80. The van der Waals surface area contributed by atoms with Gasteiger partial charge >= 0.3 is 0 Å². The van der Waals surface area contributed by atoms with Crippen LogP contribution >= 0.6 is 11.3 Å². The number of carbonyl (C=O) groups excluding carboxylic acids is 1. The Hall–Kier alpha value is -2.85. The third kappa shape index (κ3) is 3.70. The topological polar surface area (TPSA) is 92.3 Å². The monoisotopic (exact) mass is 392 g/mol. The van der Waals surface area contributed by atoms with Crippen LogP contribution in [0.3, 0.4) is 0 Å². The number of amides is 1. The van der Waals surface area contributed by atoms with E-state index < -0.39 is 21.7 Å². The maximum absolute atomic E-state index is 13.2. The molecule has 3 rings (SSSR count). The molecule has 134 valence electrons. The molecule has 0 saturated heterocycles. The fraction of sp³-hybridized carbons (Fsp3) is 0.0625. The first-order valence-electron chi connectivity index (χ1n) is 7.32. The molecule has 1 amide bonds. The SMILES string of the molecule is CN(c1ccccc1)S(=O)(=O)c1nnc(NC(=O)c2cccc(F)c2)s1. The third-order valence-electron chi connectivity index (χ3n) is 3.41. The number of carbonyl (C=O) groups is 1. The first kappa shape index (κ1) is 18.0. The van der Waals surface area contributed by atoms with Crippen LogP contribution in [0.2, 0.25) is 0 Å². The minimum absolute atomic E-state index is 0.000650. The number of aromatic nitrogens is 2. The molecule has 0 unspecified atom stereocenters. The van der Waals surface area contributed by atoms with Gasteiger partial charge in [0.25, 0.3) is 20.3 Å². The van der Waals surface area contributed by atoms with Gasteiger partial charge in [0.05, 0.1) is 5.69 Å². The normalized spacial score (nSPS) is 11.2. The van der Waals surface area contributed by atoms with Crippen molar-refractivity contribution >= 4 is 38.1 Å². The van der Waals surface area contributed by atoms with Gasteiger partial charge < -0.3 is 0 Å². The maximum Gasteiger partial charge on any atom is 0.293 e. The molecular weight excluding hydrogens is 379 g/mol. The first-order chi connectivity index (χ1) is 12.4. The number of para-hydroxylation sites is 1. The molecule has 0 spiro atoms. The average Bonchev–Trinajstić information content (AvgIpc) is 3.11. The summed E-state index contributed by atoms with van der Waals surface area (Å²) >= 11 is 0.712. The Bertz CT molecular complexity index is 1040. The number of benzene rings is 2. The predicted molar refractivity (Wildman–Crippen MR) is 96.3 cm³/mol. The molecule has 0 atom stereocenters. The van der Waals surface area contributed by atoms with E-state index in [1.165, 1.54) is 25.2 Å². The average molecular weight is 392 g/mol. The van der Waals surface area contributed by atoms with Crippen molar-refractivity contribution in [3.05, 3.63) is 66.0 Å². The van der Waals surface area contributed by atoms with E-state index in [-0.39, 0.29) is 15.0 Å². The Morgan fingerprint density at radius 1 is 1.12 bits per heavy atom. The summed E-state index contributed by atoms with van der Waals surface area (Å²) in [6.07, 6.45) is 0. The van der Waals surface area contributed by atoms with E-state index in [4.69, 9.17) is 0 Å². The van der Waals surface area contributed by atoms with E-state index in [2.05, 4.69) is 15.5 Å². The standard InChI is InChI=1S/C16H13FN4O3S2/c1-21(13-8-3-2-4-9-13)26(23,24)16-20-19-15(25-16)18-14(22)11-6-5-7-12(17)10-11/h2-10H,1H3,(H,18,19,22). The van der Waals surface area contributed by atoms with Crippen LogP contribution < -0.4 is 9.62 Å². The zero-order chi connectivity index (χ0) is 18.7. The first-order valence-corrected chi connectivity index (χ1v) is 9.58. The molecule has 0 aliphatic rings. The molecule has 0 aliphatic carbocycles. The van der Waals surface area contributed by atoms with E-state index in [9.17, 15) is 17.6 Å². The highest BCUT2D eigenvalue weighted by Gasteiger charge is 2.26. The van der Waals surface area contributed by atoms with Crippen LogP contribution in [0.15, 0.2) is 58.9 Å². The fourth-order valence-electron chi connectivity index (χ4n) is 2.06. The summed E-state index contributed by atoms with van der Waals surface area (Å²) < 4.78 is 39.2. The summed E-state index contributed by atoms with van der Waals surface area (Å²) in [5.41, 5.74) is 0.555. The number of halogens is 1. The Kier molecular flexibility index (Phi) is 4.96. The second-order valence-electron chi connectivity index (χ2n) is 5.15. The maximum atomic E-state index is 13.2. The zero-order valence-corrected chi connectivity index (χ0v) is 15.1. The third-order valence-corrected chi connectivity index (χ3v) is 6.38. The van der Waals surface area contributed by atoms with Crippen LogP contribution in [0, 0.1) is 5.82 Å². The van der Waals surface area contributed by atoms with Crippen LogP contribution in [0.5, 0.6) is 0 Å². The van der Waals surface area contributed by atoms with Crippen LogP contribution in [0.25, 0.3) is 0 Å². The highest BCUT2D eigenvalue weighted by molar-refractivity contribution is 7.94. The highest BCUT2D eigenvalue weighted by atomic mass is 32.2. The lowest BCUT2D eigenvalue weighted by molar-refractivity contribution is 0.102. The molecule has 0 bridgehead atoms. The molecule has 7 nitrogen and oxygen atoms in total. The number of nitrogens with zero attached hydrogens (tertiary/aromatic N) is 3. The molecule has 0 aliphatic heterocycles. The Morgan fingerprint density at radius 3 is 2.54 bits per heavy atom. The fourth-order valence-corrected chi connectivity index (χ4v) is 4.30. The molecule has 1 N–H and O–H groups in total. The van der Waals surface area contributed by atoms with Gasteiger partial charge in [-0.1, -0.05) is 35.6 Å². The predicted octanol–water partition coefficient (Wildman–Crippen LogP) is 2.75. The largest absolute Gasteiger partial charge is 0.296 e. The van der Waals surface area contributed by atoms with Crippen LogP contribution in [0.1, 0.15) is 10.4 Å². The van der Waals surface area contributed by atoms with E-state index in [1.54, 1.807) is 30.3 Å². The van der Waals surface area contributed by atoms with Crippen molar-refractivity contribution < 1.29 is 17.6 Å². The summed E-state index contributed by atoms with van der Waals surface area (Å²) in [6.45, 7) is 0. The van der Waals surface area contributed by atoms with Gasteiger partial charge in [-0.15, -0.1) is 10.2 Å². The molecule has 1 aromatic heterocycles. The van der Waals surface area contributed by atoms with Gasteiger partial charge in [0.1, 0.15) is 5.82 Å². The molecular formula is C16H13FN4O3S2. The summed E-state index contributed by atoms with van der Waals surface area (Å²) in [6, 6.07) is 13.6. The van der Waals surface area contributed by atoms with E-state index in [0.29, 0.717) is 17.0 Å². The van der Waals surface area contributed by atoms with Gasteiger partial charge in [0.2, 0.25) is 5.13 Å². The van der Waals surface area contributed by atoms with E-state index in [1.807, 2.05) is 0 Å². The molecule has 26 heavy (non-hydrogen) atoms. The molecule has 3 aromatic rings. The van der Waals surface area contributed by atoms with Crippen molar-refractivity contribution in [2.75, 3.05) is 16.7 Å². The van der Waals surface area contributed by atoms with Crippen molar-refractivity contribution in [2.45, 2.75) is 4.34 Å². The molecule has 0 radical (unpaired) electrons. The smallest absolute Gasteiger partial charge is 0.293 e. The minimum Gasteiger partial charge on any atom is -0.296 e.